The average molecular weight is 257 g/mol. The lowest BCUT2D eigenvalue weighted by atomic mass is 9.99. The van der Waals surface area contributed by atoms with E-state index in [2.05, 4.69) is 61.6 Å². The molecule has 0 fully saturated rings. The Balaban J connectivity index is 1.98. The number of hydrogen-bond acceptors (Lipinski definition) is 2. The topological polar surface area (TPSA) is 32.3 Å². The van der Waals surface area contributed by atoms with Crippen LogP contribution in [0.2, 0.25) is 0 Å². The molecule has 0 aliphatic heterocycles. The molecular formula is C17H23NO. The number of aliphatic hydroxyl groups excluding tert-OH is 1. The molecule has 0 saturated carbocycles. The summed E-state index contributed by atoms with van der Waals surface area (Å²) < 4.78 is 0. The van der Waals surface area contributed by atoms with E-state index in [0.29, 0.717) is 12.6 Å². The summed E-state index contributed by atoms with van der Waals surface area (Å²) in [4.78, 5) is 0. The lowest BCUT2D eigenvalue weighted by Crippen LogP contribution is -2.32. The van der Waals surface area contributed by atoms with Crippen LogP contribution in [-0.2, 0) is 6.42 Å². The third-order valence-electron chi connectivity index (χ3n) is 3.39. The van der Waals surface area contributed by atoms with Crippen molar-refractivity contribution in [2.24, 2.45) is 0 Å². The number of nitrogens with one attached hydrogen (secondary N) is 1. The molecule has 0 amide bonds. The SMILES string of the molecule is CC(C)NCC(O)CCc1cccc2ccccc12. The van der Waals surface area contributed by atoms with Gasteiger partial charge in [-0.1, -0.05) is 56.3 Å². The minimum absolute atomic E-state index is 0.277. The van der Waals surface area contributed by atoms with E-state index in [9.17, 15) is 5.11 Å². The number of rotatable bonds is 6. The van der Waals surface area contributed by atoms with Crippen molar-refractivity contribution in [3.63, 3.8) is 0 Å². The van der Waals surface area contributed by atoms with Gasteiger partial charge in [-0.2, -0.15) is 0 Å². The first kappa shape index (κ1) is 14.0. The molecule has 2 aromatic rings. The van der Waals surface area contributed by atoms with Crippen molar-refractivity contribution in [2.45, 2.75) is 38.8 Å². The van der Waals surface area contributed by atoms with Gasteiger partial charge >= 0.3 is 0 Å². The summed E-state index contributed by atoms with van der Waals surface area (Å²) in [5.74, 6) is 0. The first-order valence-corrected chi connectivity index (χ1v) is 7.05. The lowest BCUT2D eigenvalue weighted by Gasteiger charge is -2.14. The molecule has 0 spiro atoms. The lowest BCUT2D eigenvalue weighted by molar-refractivity contribution is 0.159. The van der Waals surface area contributed by atoms with E-state index in [4.69, 9.17) is 0 Å². The summed E-state index contributed by atoms with van der Waals surface area (Å²) >= 11 is 0. The monoisotopic (exact) mass is 257 g/mol. The highest BCUT2D eigenvalue weighted by Gasteiger charge is 2.07. The van der Waals surface area contributed by atoms with E-state index in [1.54, 1.807) is 0 Å². The zero-order valence-corrected chi connectivity index (χ0v) is 11.8. The predicted molar refractivity (Wildman–Crippen MR) is 81.4 cm³/mol. The van der Waals surface area contributed by atoms with Crippen molar-refractivity contribution in [2.75, 3.05) is 6.54 Å². The third kappa shape index (κ3) is 4.05. The molecule has 102 valence electrons. The van der Waals surface area contributed by atoms with E-state index >= 15 is 0 Å². The normalized spacial score (nSPS) is 13.1. The molecule has 0 heterocycles. The first-order valence-electron chi connectivity index (χ1n) is 7.05. The van der Waals surface area contributed by atoms with Crippen molar-refractivity contribution in [3.8, 4) is 0 Å². The highest BCUT2D eigenvalue weighted by Crippen LogP contribution is 2.20. The molecule has 0 saturated heterocycles. The molecule has 19 heavy (non-hydrogen) atoms. The van der Waals surface area contributed by atoms with E-state index in [0.717, 1.165) is 12.8 Å². The smallest absolute Gasteiger partial charge is 0.0667 e. The van der Waals surface area contributed by atoms with E-state index in [1.165, 1.54) is 16.3 Å². The van der Waals surface area contributed by atoms with Crippen LogP contribution in [0.25, 0.3) is 10.8 Å². The van der Waals surface area contributed by atoms with Crippen molar-refractivity contribution in [1.29, 1.82) is 0 Å². The van der Waals surface area contributed by atoms with Crippen LogP contribution >= 0.6 is 0 Å². The molecule has 2 rings (SSSR count). The Morgan fingerprint density at radius 2 is 1.79 bits per heavy atom. The van der Waals surface area contributed by atoms with E-state index in [1.807, 2.05) is 0 Å². The largest absolute Gasteiger partial charge is 0.392 e. The fourth-order valence-electron chi connectivity index (χ4n) is 2.31. The van der Waals surface area contributed by atoms with Gasteiger partial charge in [-0.15, -0.1) is 0 Å². The van der Waals surface area contributed by atoms with Gasteiger partial charge < -0.3 is 10.4 Å². The van der Waals surface area contributed by atoms with Crippen LogP contribution in [-0.4, -0.2) is 23.8 Å². The summed E-state index contributed by atoms with van der Waals surface area (Å²) in [5, 5.41) is 15.8. The molecule has 0 aliphatic carbocycles. The molecule has 0 aromatic heterocycles. The number of aliphatic hydroxyl groups is 1. The molecule has 0 radical (unpaired) electrons. The first-order chi connectivity index (χ1) is 9.16. The molecule has 0 aliphatic rings. The summed E-state index contributed by atoms with van der Waals surface area (Å²) in [7, 11) is 0. The second-order valence-corrected chi connectivity index (χ2v) is 5.39. The van der Waals surface area contributed by atoms with Crippen LogP contribution in [0, 0.1) is 0 Å². The quantitative estimate of drug-likeness (QED) is 0.833. The number of hydrogen-bond donors (Lipinski definition) is 2. The number of benzene rings is 2. The molecule has 0 bridgehead atoms. The zero-order chi connectivity index (χ0) is 13.7. The zero-order valence-electron chi connectivity index (χ0n) is 11.8. The Labute approximate surface area is 115 Å². The standard InChI is InChI=1S/C17H23NO/c1-13(2)18-12-16(19)11-10-15-8-5-7-14-6-3-4-9-17(14)15/h3-9,13,16,18-19H,10-12H2,1-2H3. The number of fused-ring (bicyclic) bond motifs is 1. The van der Waals surface area contributed by atoms with Crippen molar-refractivity contribution in [3.05, 3.63) is 48.0 Å². The van der Waals surface area contributed by atoms with Crippen LogP contribution in [0.15, 0.2) is 42.5 Å². The maximum atomic E-state index is 9.97. The van der Waals surface area contributed by atoms with Gasteiger partial charge in [0, 0.05) is 12.6 Å². The Hall–Kier alpha value is -1.38. The van der Waals surface area contributed by atoms with E-state index in [-0.39, 0.29) is 6.10 Å². The van der Waals surface area contributed by atoms with Crippen molar-refractivity contribution < 1.29 is 5.11 Å². The van der Waals surface area contributed by atoms with Gasteiger partial charge in [-0.05, 0) is 29.2 Å². The van der Waals surface area contributed by atoms with Crippen molar-refractivity contribution in [1.82, 2.24) is 5.32 Å². The fourth-order valence-corrected chi connectivity index (χ4v) is 2.31. The van der Waals surface area contributed by atoms with Crippen molar-refractivity contribution >= 4 is 10.8 Å². The Bertz CT molecular complexity index is 516. The Morgan fingerprint density at radius 1 is 1.05 bits per heavy atom. The van der Waals surface area contributed by atoms with Crippen LogP contribution in [0.5, 0.6) is 0 Å². The second-order valence-electron chi connectivity index (χ2n) is 5.39. The molecule has 2 N–H and O–H groups in total. The molecular weight excluding hydrogens is 234 g/mol. The molecule has 2 nitrogen and oxygen atoms in total. The van der Waals surface area contributed by atoms with Crippen LogP contribution in [0.3, 0.4) is 0 Å². The Morgan fingerprint density at radius 3 is 2.58 bits per heavy atom. The van der Waals surface area contributed by atoms with Gasteiger partial charge in [0.1, 0.15) is 0 Å². The maximum Gasteiger partial charge on any atom is 0.0667 e. The average Bonchev–Trinajstić information content (AvgIpc) is 2.42. The van der Waals surface area contributed by atoms with Gasteiger partial charge in [0.25, 0.3) is 0 Å². The molecule has 2 aromatic carbocycles. The molecule has 1 unspecified atom stereocenters. The van der Waals surface area contributed by atoms with Crippen LogP contribution < -0.4 is 5.32 Å². The van der Waals surface area contributed by atoms with Crippen LogP contribution in [0.1, 0.15) is 25.8 Å². The molecule has 1 atom stereocenters. The van der Waals surface area contributed by atoms with Gasteiger partial charge in [0.15, 0.2) is 0 Å². The van der Waals surface area contributed by atoms with E-state index < -0.39 is 0 Å². The predicted octanol–water partition coefficient (Wildman–Crippen LogP) is 3.13. The third-order valence-corrected chi connectivity index (χ3v) is 3.39. The molecule has 2 heteroatoms. The summed E-state index contributed by atoms with van der Waals surface area (Å²) in [6.45, 7) is 4.86. The van der Waals surface area contributed by atoms with Gasteiger partial charge in [0.05, 0.1) is 6.10 Å². The highest BCUT2D eigenvalue weighted by molar-refractivity contribution is 5.85. The fraction of sp³-hybridized carbons (Fsp3) is 0.412. The Kier molecular flexibility index (Phi) is 4.94. The number of aryl methyl sites for hydroxylation is 1. The summed E-state index contributed by atoms with van der Waals surface area (Å²) in [6.07, 6.45) is 1.44. The minimum atomic E-state index is -0.277. The second kappa shape index (κ2) is 6.69. The van der Waals surface area contributed by atoms with Crippen LogP contribution in [0.4, 0.5) is 0 Å². The summed E-state index contributed by atoms with van der Waals surface area (Å²) in [6, 6.07) is 15.2. The highest BCUT2D eigenvalue weighted by atomic mass is 16.3. The maximum absolute atomic E-state index is 9.97. The van der Waals surface area contributed by atoms with Gasteiger partial charge in [-0.25, -0.2) is 0 Å². The van der Waals surface area contributed by atoms with Gasteiger partial charge in [0.2, 0.25) is 0 Å². The summed E-state index contributed by atoms with van der Waals surface area (Å²) in [5.41, 5.74) is 1.32. The minimum Gasteiger partial charge on any atom is -0.392 e. The van der Waals surface area contributed by atoms with Gasteiger partial charge in [-0.3, -0.25) is 0 Å².